The average Bonchev–Trinajstić information content (AvgIpc) is 2.77. The predicted molar refractivity (Wildman–Crippen MR) is 64.5 cm³/mol. The first-order valence-corrected chi connectivity index (χ1v) is 5.62. The second-order valence-electron chi connectivity index (χ2n) is 4.14. The normalized spacial score (nSPS) is 11.9. The topological polar surface area (TPSA) is 99.3 Å². The van der Waals surface area contributed by atoms with Gasteiger partial charge in [-0.25, -0.2) is 0 Å². The van der Waals surface area contributed by atoms with E-state index in [2.05, 4.69) is 10.3 Å². The lowest BCUT2D eigenvalue weighted by Crippen LogP contribution is -2.27. The maximum absolute atomic E-state index is 11.6. The first kappa shape index (κ1) is 14.0. The molecule has 0 aliphatic rings. The van der Waals surface area contributed by atoms with Crippen molar-refractivity contribution in [3.63, 3.8) is 0 Å². The number of nitrogens with one attached hydrogen (secondary N) is 2. The van der Waals surface area contributed by atoms with Crippen molar-refractivity contribution in [3.8, 4) is 0 Å². The van der Waals surface area contributed by atoms with Gasteiger partial charge in [-0.1, -0.05) is 6.92 Å². The molecule has 0 saturated carbocycles. The number of aromatic nitrogens is 1. The van der Waals surface area contributed by atoms with Crippen LogP contribution in [0.15, 0.2) is 12.3 Å². The SMILES string of the molecule is CC(=O)c1c[nH]c(C(=O)NCCC(C)C(=O)O)c1. The minimum Gasteiger partial charge on any atom is -0.481 e. The number of H-pyrrole nitrogens is 1. The number of carboxylic acid groups (broad SMARTS) is 1. The molecule has 0 spiro atoms. The predicted octanol–water partition coefficient (Wildman–Crippen LogP) is 1.06. The molecule has 0 saturated heterocycles. The average molecular weight is 252 g/mol. The van der Waals surface area contributed by atoms with Crippen molar-refractivity contribution >= 4 is 17.7 Å². The molecule has 1 aromatic rings. The molecule has 18 heavy (non-hydrogen) atoms. The van der Waals surface area contributed by atoms with Gasteiger partial charge in [-0.05, 0) is 19.4 Å². The molecular weight excluding hydrogens is 236 g/mol. The number of aliphatic carboxylic acids is 1. The lowest BCUT2D eigenvalue weighted by Gasteiger charge is -2.06. The van der Waals surface area contributed by atoms with Crippen molar-refractivity contribution < 1.29 is 19.5 Å². The Morgan fingerprint density at radius 3 is 2.61 bits per heavy atom. The number of carbonyl (C=O) groups is 3. The molecule has 1 rings (SSSR count). The van der Waals surface area contributed by atoms with Crippen LogP contribution in [0.4, 0.5) is 0 Å². The van der Waals surface area contributed by atoms with Gasteiger partial charge in [0, 0.05) is 18.3 Å². The lowest BCUT2D eigenvalue weighted by atomic mass is 10.1. The number of ketones is 1. The van der Waals surface area contributed by atoms with Gasteiger partial charge in [0.05, 0.1) is 5.92 Å². The van der Waals surface area contributed by atoms with Crippen LogP contribution in [0.1, 0.15) is 41.1 Å². The fourth-order valence-electron chi connectivity index (χ4n) is 1.35. The van der Waals surface area contributed by atoms with Crippen molar-refractivity contribution in [1.29, 1.82) is 0 Å². The van der Waals surface area contributed by atoms with E-state index in [1.54, 1.807) is 6.92 Å². The quantitative estimate of drug-likeness (QED) is 0.659. The minimum absolute atomic E-state index is 0.121. The van der Waals surface area contributed by atoms with Gasteiger partial charge in [0.15, 0.2) is 5.78 Å². The molecule has 1 atom stereocenters. The number of aromatic amines is 1. The Bertz CT molecular complexity index is 464. The highest BCUT2D eigenvalue weighted by molar-refractivity contribution is 5.99. The van der Waals surface area contributed by atoms with Crippen LogP contribution in [-0.2, 0) is 4.79 Å². The van der Waals surface area contributed by atoms with Crippen LogP contribution < -0.4 is 5.32 Å². The van der Waals surface area contributed by atoms with Crippen molar-refractivity contribution in [3.05, 3.63) is 23.5 Å². The monoisotopic (exact) mass is 252 g/mol. The van der Waals surface area contributed by atoms with E-state index < -0.39 is 11.9 Å². The lowest BCUT2D eigenvalue weighted by molar-refractivity contribution is -0.141. The zero-order valence-corrected chi connectivity index (χ0v) is 10.3. The Kier molecular flexibility index (Phi) is 4.65. The minimum atomic E-state index is -0.886. The molecule has 1 amide bonds. The highest BCUT2D eigenvalue weighted by Gasteiger charge is 2.13. The van der Waals surface area contributed by atoms with Gasteiger partial charge < -0.3 is 15.4 Å². The first-order valence-electron chi connectivity index (χ1n) is 5.62. The van der Waals surface area contributed by atoms with E-state index in [-0.39, 0.29) is 18.2 Å². The summed E-state index contributed by atoms with van der Waals surface area (Å²) >= 11 is 0. The van der Waals surface area contributed by atoms with Gasteiger partial charge in [-0.3, -0.25) is 14.4 Å². The summed E-state index contributed by atoms with van der Waals surface area (Å²) in [7, 11) is 0. The summed E-state index contributed by atoms with van der Waals surface area (Å²) in [6.07, 6.45) is 1.83. The van der Waals surface area contributed by atoms with E-state index in [1.807, 2.05) is 0 Å². The van der Waals surface area contributed by atoms with Crippen LogP contribution in [0.2, 0.25) is 0 Å². The van der Waals surface area contributed by atoms with Crippen molar-refractivity contribution in [2.24, 2.45) is 5.92 Å². The van der Waals surface area contributed by atoms with Crippen LogP contribution >= 0.6 is 0 Å². The second kappa shape index (κ2) is 6.00. The molecule has 0 aromatic carbocycles. The number of amides is 1. The third-order valence-electron chi connectivity index (χ3n) is 2.62. The maximum atomic E-state index is 11.6. The van der Waals surface area contributed by atoms with Gasteiger partial charge in [0.25, 0.3) is 5.91 Å². The molecule has 3 N–H and O–H groups in total. The third kappa shape index (κ3) is 3.73. The van der Waals surface area contributed by atoms with Crippen molar-refractivity contribution in [2.75, 3.05) is 6.54 Å². The Morgan fingerprint density at radius 1 is 1.44 bits per heavy atom. The molecule has 0 fully saturated rings. The molecule has 1 aromatic heterocycles. The Labute approximate surface area is 104 Å². The van der Waals surface area contributed by atoms with Gasteiger partial charge in [-0.2, -0.15) is 0 Å². The summed E-state index contributed by atoms with van der Waals surface area (Å²) < 4.78 is 0. The molecule has 1 unspecified atom stereocenters. The molecule has 98 valence electrons. The van der Waals surface area contributed by atoms with Crippen molar-refractivity contribution in [1.82, 2.24) is 10.3 Å². The van der Waals surface area contributed by atoms with E-state index in [0.717, 1.165) is 0 Å². The maximum Gasteiger partial charge on any atom is 0.306 e. The van der Waals surface area contributed by atoms with Crippen LogP contribution in [0.3, 0.4) is 0 Å². The summed E-state index contributed by atoms with van der Waals surface area (Å²) in [5.41, 5.74) is 0.738. The fraction of sp³-hybridized carbons (Fsp3) is 0.417. The highest BCUT2D eigenvalue weighted by Crippen LogP contribution is 2.05. The largest absolute Gasteiger partial charge is 0.481 e. The zero-order chi connectivity index (χ0) is 13.7. The number of carboxylic acids is 1. The van der Waals surface area contributed by atoms with Gasteiger partial charge in [-0.15, -0.1) is 0 Å². The summed E-state index contributed by atoms with van der Waals surface area (Å²) in [6.45, 7) is 3.27. The highest BCUT2D eigenvalue weighted by atomic mass is 16.4. The molecule has 1 heterocycles. The van der Waals surface area contributed by atoms with Gasteiger partial charge in [0.2, 0.25) is 0 Å². The molecule has 0 radical (unpaired) electrons. The number of hydrogen-bond acceptors (Lipinski definition) is 3. The number of hydrogen-bond donors (Lipinski definition) is 3. The molecule has 0 bridgehead atoms. The third-order valence-corrected chi connectivity index (χ3v) is 2.62. The molecule has 6 nitrogen and oxygen atoms in total. The zero-order valence-electron chi connectivity index (χ0n) is 10.3. The molecule has 0 aliphatic carbocycles. The van der Waals surface area contributed by atoms with Crippen molar-refractivity contribution in [2.45, 2.75) is 20.3 Å². The summed E-state index contributed by atoms with van der Waals surface area (Å²) in [4.78, 5) is 35.9. The fourth-order valence-corrected chi connectivity index (χ4v) is 1.35. The Morgan fingerprint density at radius 2 is 2.11 bits per heavy atom. The first-order chi connectivity index (χ1) is 8.41. The molecular formula is C12H16N2O4. The van der Waals surface area contributed by atoms with Gasteiger partial charge >= 0.3 is 5.97 Å². The summed E-state index contributed by atoms with van der Waals surface area (Å²) in [5.74, 6) is -1.85. The van der Waals surface area contributed by atoms with E-state index in [4.69, 9.17) is 5.11 Å². The van der Waals surface area contributed by atoms with Crippen LogP contribution in [0, 0.1) is 5.92 Å². The number of rotatable bonds is 6. The van der Waals surface area contributed by atoms with E-state index >= 15 is 0 Å². The Hall–Kier alpha value is -2.11. The van der Waals surface area contributed by atoms with E-state index in [1.165, 1.54) is 19.2 Å². The Balaban J connectivity index is 2.45. The standard InChI is InChI=1S/C12H16N2O4/c1-7(12(17)18)3-4-13-11(16)10-5-9(6-14-10)8(2)15/h5-7,14H,3-4H2,1-2H3,(H,13,16)(H,17,18). The summed E-state index contributed by atoms with van der Waals surface area (Å²) in [5, 5.41) is 11.3. The van der Waals surface area contributed by atoms with Crippen LogP contribution in [0.5, 0.6) is 0 Å². The van der Waals surface area contributed by atoms with E-state index in [9.17, 15) is 14.4 Å². The van der Waals surface area contributed by atoms with Crippen LogP contribution in [0.25, 0.3) is 0 Å². The van der Waals surface area contributed by atoms with E-state index in [0.29, 0.717) is 17.7 Å². The summed E-state index contributed by atoms with van der Waals surface area (Å²) in [6, 6.07) is 1.47. The van der Waals surface area contributed by atoms with Gasteiger partial charge in [0.1, 0.15) is 5.69 Å². The molecule has 0 aliphatic heterocycles. The number of carbonyl (C=O) groups excluding carboxylic acids is 2. The number of Topliss-reactive ketones (excluding diaryl/α,β-unsaturated/α-hetero) is 1. The van der Waals surface area contributed by atoms with Crippen LogP contribution in [-0.4, -0.2) is 34.3 Å². The smallest absolute Gasteiger partial charge is 0.306 e. The molecule has 6 heteroatoms. The second-order valence-corrected chi connectivity index (χ2v) is 4.14.